The van der Waals surface area contributed by atoms with E-state index in [1.54, 1.807) is 0 Å². The van der Waals surface area contributed by atoms with Crippen molar-refractivity contribution in [3.05, 3.63) is 23.5 Å². The van der Waals surface area contributed by atoms with Crippen LogP contribution >= 0.6 is 0 Å². The lowest BCUT2D eigenvalue weighted by atomic mass is 9.60. The van der Waals surface area contributed by atoms with E-state index in [-0.39, 0.29) is 42.5 Å². The van der Waals surface area contributed by atoms with Crippen LogP contribution in [0, 0.1) is 23.7 Å². The zero-order chi connectivity index (χ0) is 28.5. The second-order valence-corrected chi connectivity index (χ2v) is 17.1. The Morgan fingerprint density at radius 3 is 2.29 bits per heavy atom. The van der Waals surface area contributed by atoms with E-state index < -0.39 is 31.4 Å². The molecule has 3 rings (SSSR count). The van der Waals surface area contributed by atoms with Gasteiger partial charge in [-0.15, -0.1) is 0 Å². The van der Waals surface area contributed by atoms with Crippen LogP contribution in [0.25, 0.3) is 0 Å². The van der Waals surface area contributed by atoms with Crippen LogP contribution in [0.3, 0.4) is 0 Å². The van der Waals surface area contributed by atoms with Crippen LogP contribution in [-0.2, 0) is 28.2 Å². The molecule has 8 heteroatoms. The Kier molecular flexibility index (Phi) is 9.76. The number of carbonyl (C=O) groups is 2. The Bertz CT molecular complexity index is 929. The molecule has 1 unspecified atom stereocenters. The molecule has 7 nitrogen and oxygen atoms in total. The Morgan fingerprint density at radius 2 is 1.76 bits per heavy atom. The van der Waals surface area contributed by atoms with Crippen molar-refractivity contribution in [3.8, 4) is 0 Å². The van der Waals surface area contributed by atoms with Crippen LogP contribution < -0.4 is 0 Å². The molecule has 1 fully saturated rings. The summed E-state index contributed by atoms with van der Waals surface area (Å²) in [6.07, 6.45) is 5.96. The lowest BCUT2D eigenvalue weighted by Gasteiger charge is -2.50. The summed E-state index contributed by atoms with van der Waals surface area (Å²) >= 11 is 0. The van der Waals surface area contributed by atoms with Gasteiger partial charge in [-0.25, -0.2) is 0 Å². The summed E-state index contributed by atoms with van der Waals surface area (Å²) in [6, 6.07) is 3.07. The quantitative estimate of drug-likeness (QED) is 0.216. The first kappa shape index (κ1) is 31.0. The summed E-state index contributed by atoms with van der Waals surface area (Å²) in [6.45, 7) is 17.7. The van der Waals surface area contributed by atoms with E-state index in [9.17, 15) is 14.7 Å². The topological polar surface area (TPSA) is 91.3 Å². The molecule has 1 N–H and O–H groups in total. The van der Waals surface area contributed by atoms with Gasteiger partial charge in [0.15, 0.2) is 8.32 Å². The Balaban J connectivity index is 2.23. The van der Waals surface area contributed by atoms with E-state index in [1.807, 2.05) is 19.9 Å². The van der Waals surface area contributed by atoms with E-state index >= 15 is 0 Å². The molecule has 2 bridgehead atoms. The molecule has 7 atom stereocenters. The summed E-state index contributed by atoms with van der Waals surface area (Å²) in [7, 11) is -2.04. The van der Waals surface area contributed by atoms with Gasteiger partial charge in [0.05, 0.1) is 30.3 Å². The summed E-state index contributed by atoms with van der Waals surface area (Å²) in [5.41, 5.74) is -0.542. The molecule has 0 saturated carbocycles. The molecular weight excluding hydrogens is 500 g/mol. The third-order valence-corrected chi connectivity index (χ3v) is 14.2. The number of aliphatic hydroxyl groups is 1. The molecule has 1 saturated heterocycles. The minimum atomic E-state index is -2.04. The zero-order valence-electron chi connectivity index (χ0n) is 25.0. The van der Waals surface area contributed by atoms with Gasteiger partial charge in [0, 0.05) is 19.8 Å². The molecule has 216 valence electrons. The number of carbonyl (C=O) groups excluding carboxylic acids is 2. The standard InChI is InChI=1S/C30H50O7Si/c1-10-38(11-2,12-3)37-30(9)15-13-14-22(18-31)17-23-25-19(4)16-24(34-20(5)32)27(26(25)28(30)35-23)29(7,8)36-21(6)33/h14,16,19,23,25-28,31H,10-13,15,17-18H2,1-9H3/b22-14+/t19?,23-,25-,26+,27+,28-,30-/m1/s1. The Morgan fingerprint density at radius 1 is 1.13 bits per heavy atom. The highest BCUT2D eigenvalue weighted by atomic mass is 28.4. The number of hydrogen-bond acceptors (Lipinski definition) is 7. The number of rotatable bonds is 9. The summed E-state index contributed by atoms with van der Waals surface area (Å²) in [5.74, 6) is -0.578. The first-order chi connectivity index (χ1) is 17.8. The van der Waals surface area contributed by atoms with Gasteiger partial charge in [0.2, 0.25) is 0 Å². The van der Waals surface area contributed by atoms with Crippen LogP contribution in [0.4, 0.5) is 0 Å². The smallest absolute Gasteiger partial charge is 0.307 e. The van der Waals surface area contributed by atoms with Crippen LogP contribution in [0.2, 0.25) is 18.1 Å². The molecule has 0 radical (unpaired) electrons. The monoisotopic (exact) mass is 550 g/mol. The van der Waals surface area contributed by atoms with Gasteiger partial charge in [0.1, 0.15) is 11.4 Å². The third-order valence-electron chi connectivity index (χ3n) is 9.41. The fourth-order valence-electron chi connectivity index (χ4n) is 7.55. The molecule has 0 aromatic carbocycles. The normalized spacial score (nSPS) is 35.1. The predicted molar refractivity (Wildman–Crippen MR) is 150 cm³/mol. The number of esters is 2. The molecule has 0 aromatic heterocycles. The fraction of sp³-hybridized carbons (Fsp3) is 0.800. The minimum absolute atomic E-state index is 0.00232. The number of fused-ring (bicyclic) bond motifs is 5. The zero-order valence-corrected chi connectivity index (χ0v) is 26.0. The summed E-state index contributed by atoms with van der Waals surface area (Å²) < 4.78 is 26.2. The Labute approximate surface area is 230 Å². The molecule has 0 spiro atoms. The summed E-state index contributed by atoms with van der Waals surface area (Å²) in [4.78, 5) is 24.5. The molecule has 0 aromatic rings. The van der Waals surface area contributed by atoms with Crippen LogP contribution in [-0.4, -0.2) is 55.4 Å². The van der Waals surface area contributed by atoms with Gasteiger partial charge in [-0.05, 0) is 81.7 Å². The van der Waals surface area contributed by atoms with Crippen LogP contribution in [0.15, 0.2) is 23.5 Å². The fourth-order valence-corrected chi connectivity index (χ4v) is 10.7. The van der Waals surface area contributed by atoms with Gasteiger partial charge < -0.3 is 23.7 Å². The molecule has 0 amide bonds. The van der Waals surface area contributed by atoms with Gasteiger partial charge in [-0.3, -0.25) is 9.59 Å². The second-order valence-electron chi connectivity index (χ2n) is 12.4. The van der Waals surface area contributed by atoms with E-state index in [0.29, 0.717) is 12.2 Å². The molecule has 1 aliphatic carbocycles. The molecule has 2 heterocycles. The van der Waals surface area contributed by atoms with Crippen molar-refractivity contribution in [2.75, 3.05) is 6.61 Å². The van der Waals surface area contributed by atoms with Gasteiger partial charge in [0.25, 0.3) is 0 Å². The van der Waals surface area contributed by atoms with E-state index in [1.165, 1.54) is 13.8 Å². The predicted octanol–water partition coefficient (Wildman–Crippen LogP) is 5.92. The van der Waals surface area contributed by atoms with Crippen molar-refractivity contribution in [1.29, 1.82) is 0 Å². The van der Waals surface area contributed by atoms with Gasteiger partial charge >= 0.3 is 11.9 Å². The lowest BCUT2D eigenvalue weighted by molar-refractivity contribution is -0.168. The van der Waals surface area contributed by atoms with Crippen molar-refractivity contribution < 1.29 is 33.3 Å². The highest BCUT2D eigenvalue weighted by Crippen LogP contribution is 2.57. The highest BCUT2D eigenvalue weighted by molar-refractivity contribution is 6.73. The van der Waals surface area contributed by atoms with Crippen LogP contribution in [0.5, 0.6) is 0 Å². The largest absolute Gasteiger partial charge is 0.459 e. The molecule has 3 aliphatic rings. The third kappa shape index (κ3) is 6.13. The second kappa shape index (κ2) is 11.9. The molecular formula is C30H50O7Si. The first-order valence-corrected chi connectivity index (χ1v) is 17.0. The number of allylic oxidation sites excluding steroid dienone is 2. The number of hydrogen-bond donors (Lipinski definition) is 1. The average Bonchev–Trinajstić information content (AvgIpc) is 3.22. The van der Waals surface area contributed by atoms with E-state index in [2.05, 4.69) is 40.7 Å². The molecule has 2 aliphatic heterocycles. The van der Waals surface area contributed by atoms with Gasteiger partial charge in [-0.2, -0.15) is 0 Å². The maximum Gasteiger partial charge on any atom is 0.307 e. The maximum absolute atomic E-state index is 12.2. The number of aliphatic hydroxyl groups excluding tert-OH is 1. The SMILES string of the molecule is CC[Si](CC)(CC)O[C@]1(C)CC/C=C(/CO)C[C@H]2O[C@@H]1[C@H]1[C@@H]2C(C)C=C(OC(C)=O)[C@@H]1C(C)(C)OC(C)=O. The van der Waals surface area contributed by atoms with Crippen molar-refractivity contribution >= 4 is 20.3 Å². The van der Waals surface area contributed by atoms with Crippen LogP contribution in [0.1, 0.15) is 81.6 Å². The van der Waals surface area contributed by atoms with Crippen molar-refractivity contribution in [3.63, 3.8) is 0 Å². The number of ether oxygens (including phenoxy) is 3. The maximum atomic E-state index is 12.2. The Hall–Kier alpha value is -1.48. The van der Waals surface area contributed by atoms with E-state index in [4.69, 9.17) is 18.6 Å². The minimum Gasteiger partial charge on any atom is -0.459 e. The lowest BCUT2D eigenvalue weighted by Crippen LogP contribution is -2.58. The van der Waals surface area contributed by atoms with Gasteiger partial charge in [-0.1, -0.05) is 33.8 Å². The average molecular weight is 551 g/mol. The van der Waals surface area contributed by atoms with Crippen molar-refractivity contribution in [2.45, 2.75) is 123 Å². The van der Waals surface area contributed by atoms with E-state index in [0.717, 1.165) is 36.5 Å². The highest BCUT2D eigenvalue weighted by Gasteiger charge is 2.62. The molecule has 38 heavy (non-hydrogen) atoms. The first-order valence-electron chi connectivity index (χ1n) is 14.5. The van der Waals surface area contributed by atoms with Crippen molar-refractivity contribution in [1.82, 2.24) is 0 Å². The van der Waals surface area contributed by atoms with Crippen molar-refractivity contribution in [2.24, 2.45) is 23.7 Å². The summed E-state index contributed by atoms with van der Waals surface area (Å²) in [5, 5.41) is 10.2.